The molecule has 96 valence electrons. The van der Waals surface area contributed by atoms with Crippen LogP contribution in [-0.2, 0) is 13.6 Å². The van der Waals surface area contributed by atoms with Crippen molar-refractivity contribution in [1.82, 2.24) is 9.55 Å². The van der Waals surface area contributed by atoms with E-state index in [-0.39, 0.29) is 0 Å². The Morgan fingerprint density at radius 1 is 1.39 bits per heavy atom. The number of aryl methyl sites for hydroxylation is 1. The minimum absolute atomic E-state index is 0.720. The van der Waals surface area contributed by atoms with Crippen LogP contribution in [-0.4, -0.2) is 23.6 Å². The van der Waals surface area contributed by atoms with E-state index in [2.05, 4.69) is 10.3 Å². The van der Waals surface area contributed by atoms with Gasteiger partial charge in [-0.15, -0.1) is 0 Å². The molecule has 18 heavy (non-hydrogen) atoms. The van der Waals surface area contributed by atoms with Crippen molar-refractivity contribution in [1.29, 1.82) is 0 Å². The van der Waals surface area contributed by atoms with E-state index in [9.17, 15) is 0 Å². The largest absolute Gasteiger partial charge is 0.378 e. The van der Waals surface area contributed by atoms with Crippen LogP contribution < -0.4 is 10.2 Å². The molecule has 4 nitrogen and oxygen atoms in total. The van der Waals surface area contributed by atoms with Gasteiger partial charge in [0, 0.05) is 27.3 Å². The van der Waals surface area contributed by atoms with Crippen molar-refractivity contribution < 1.29 is 0 Å². The molecular weight excluding hydrogens is 248 g/mol. The fourth-order valence-corrected chi connectivity index (χ4v) is 2.20. The van der Waals surface area contributed by atoms with Gasteiger partial charge in [-0.3, -0.25) is 0 Å². The van der Waals surface area contributed by atoms with Crippen LogP contribution in [0.1, 0.15) is 5.69 Å². The van der Waals surface area contributed by atoms with E-state index in [0.717, 1.165) is 28.6 Å². The Hall–Kier alpha value is -1.68. The smallest absolute Gasteiger partial charge is 0.0946 e. The standard InChI is InChI=1S/C13H17ClN4/c1-17(2)13-11(14)5-4-6-12(13)16-8-10-7-15-9-18(10)3/h4-7,9,16H,8H2,1-3H3. The molecule has 0 atom stereocenters. The van der Waals surface area contributed by atoms with Gasteiger partial charge >= 0.3 is 0 Å². The number of imidazole rings is 1. The molecule has 0 saturated heterocycles. The van der Waals surface area contributed by atoms with Crippen LogP contribution in [0.15, 0.2) is 30.7 Å². The average molecular weight is 265 g/mol. The predicted molar refractivity (Wildman–Crippen MR) is 76.3 cm³/mol. The first-order valence-corrected chi connectivity index (χ1v) is 6.12. The summed E-state index contributed by atoms with van der Waals surface area (Å²) in [4.78, 5) is 6.10. The zero-order valence-corrected chi connectivity index (χ0v) is 11.6. The van der Waals surface area contributed by atoms with Crippen molar-refractivity contribution in [2.75, 3.05) is 24.3 Å². The van der Waals surface area contributed by atoms with Gasteiger partial charge in [-0.05, 0) is 12.1 Å². The number of para-hydroxylation sites is 1. The van der Waals surface area contributed by atoms with Gasteiger partial charge in [0.2, 0.25) is 0 Å². The molecule has 2 aromatic rings. The lowest BCUT2D eigenvalue weighted by Crippen LogP contribution is -2.13. The molecular formula is C13H17ClN4. The second-order valence-electron chi connectivity index (χ2n) is 4.38. The minimum atomic E-state index is 0.720. The SMILES string of the molecule is CN(C)c1c(Cl)cccc1NCc1cncn1C. The zero-order chi connectivity index (χ0) is 13.1. The quantitative estimate of drug-likeness (QED) is 0.922. The Morgan fingerprint density at radius 3 is 2.78 bits per heavy atom. The Balaban J connectivity index is 2.19. The highest BCUT2D eigenvalue weighted by Crippen LogP contribution is 2.32. The van der Waals surface area contributed by atoms with Crippen molar-refractivity contribution in [3.63, 3.8) is 0 Å². The summed E-state index contributed by atoms with van der Waals surface area (Å²) >= 11 is 6.22. The first-order valence-electron chi connectivity index (χ1n) is 5.74. The molecule has 1 aromatic heterocycles. The molecule has 1 N–H and O–H groups in total. The summed E-state index contributed by atoms with van der Waals surface area (Å²) in [5.74, 6) is 0. The molecule has 1 aromatic carbocycles. The van der Waals surface area contributed by atoms with Crippen molar-refractivity contribution in [2.45, 2.75) is 6.54 Å². The molecule has 0 saturated carbocycles. The van der Waals surface area contributed by atoms with Crippen molar-refractivity contribution in [3.8, 4) is 0 Å². The Kier molecular flexibility index (Phi) is 3.77. The normalized spacial score (nSPS) is 10.4. The average Bonchev–Trinajstić information content (AvgIpc) is 2.71. The van der Waals surface area contributed by atoms with Gasteiger partial charge in [0.15, 0.2) is 0 Å². The van der Waals surface area contributed by atoms with E-state index in [1.807, 2.05) is 55.0 Å². The van der Waals surface area contributed by atoms with Crippen LogP contribution in [0.2, 0.25) is 5.02 Å². The molecule has 0 fully saturated rings. The molecule has 0 radical (unpaired) electrons. The van der Waals surface area contributed by atoms with Gasteiger partial charge in [0.25, 0.3) is 0 Å². The van der Waals surface area contributed by atoms with Gasteiger partial charge in [0.1, 0.15) is 0 Å². The maximum absolute atomic E-state index is 6.22. The Bertz CT molecular complexity index is 534. The van der Waals surface area contributed by atoms with Gasteiger partial charge in [-0.1, -0.05) is 17.7 Å². The van der Waals surface area contributed by atoms with E-state index in [4.69, 9.17) is 11.6 Å². The number of nitrogens with zero attached hydrogens (tertiary/aromatic N) is 3. The third-order valence-corrected chi connectivity index (χ3v) is 3.12. The van der Waals surface area contributed by atoms with E-state index in [0.29, 0.717) is 0 Å². The first kappa shape index (κ1) is 12.8. The van der Waals surface area contributed by atoms with E-state index >= 15 is 0 Å². The van der Waals surface area contributed by atoms with Crippen LogP contribution in [0.4, 0.5) is 11.4 Å². The third kappa shape index (κ3) is 2.59. The number of benzene rings is 1. The highest BCUT2D eigenvalue weighted by Gasteiger charge is 2.09. The molecule has 5 heteroatoms. The number of rotatable bonds is 4. The lowest BCUT2D eigenvalue weighted by molar-refractivity contribution is 0.837. The van der Waals surface area contributed by atoms with Crippen LogP contribution in [0, 0.1) is 0 Å². The Labute approximate surface area is 112 Å². The number of anilines is 2. The summed E-state index contributed by atoms with van der Waals surface area (Å²) in [6.07, 6.45) is 3.65. The maximum atomic E-state index is 6.22. The van der Waals surface area contributed by atoms with E-state index in [1.165, 1.54) is 0 Å². The van der Waals surface area contributed by atoms with Gasteiger partial charge in [0.05, 0.1) is 35.0 Å². The van der Waals surface area contributed by atoms with Crippen LogP contribution in [0.5, 0.6) is 0 Å². The second kappa shape index (κ2) is 5.31. The molecule has 0 aliphatic carbocycles. The number of hydrogen-bond acceptors (Lipinski definition) is 3. The molecule has 2 rings (SSSR count). The molecule has 0 spiro atoms. The lowest BCUT2D eigenvalue weighted by Gasteiger charge is -2.20. The van der Waals surface area contributed by atoms with Crippen molar-refractivity contribution in [3.05, 3.63) is 41.4 Å². The van der Waals surface area contributed by atoms with Gasteiger partial charge < -0.3 is 14.8 Å². The fourth-order valence-electron chi connectivity index (χ4n) is 1.85. The first-order chi connectivity index (χ1) is 8.59. The molecule has 0 bridgehead atoms. The predicted octanol–water partition coefficient (Wildman–Crippen LogP) is 2.75. The Morgan fingerprint density at radius 2 is 2.17 bits per heavy atom. The number of aromatic nitrogens is 2. The zero-order valence-electron chi connectivity index (χ0n) is 10.8. The summed E-state index contributed by atoms with van der Waals surface area (Å²) in [5.41, 5.74) is 3.15. The highest BCUT2D eigenvalue weighted by molar-refractivity contribution is 6.34. The minimum Gasteiger partial charge on any atom is -0.378 e. The molecule has 0 aliphatic rings. The van der Waals surface area contributed by atoms with Gasteiger partial charge in [-0.2, -0.15) is 0 Å². The van der Waals surface area contributed by atoms with Crippen LogP contribution in [0.25, 0.3) is 0 Å². The summed E-state index contributed by atoms with van der Waals surface area (Å²) in [7, 11) is 5.95. The molecule has 0 amide bonds. The summed E-state index contributed by atoms with van der Waals surface area (Å²) < 4.78 is 1.99. The van der Waals surface area contributed by atoms with Gasteiger partial charge in [-0.25, -0.2) is 4.98 Å². The summed E-state index contributed by atoms with van der Waals surface area (Å²) in [6, 6.07) is 5.87. The van der Waals surface area contributed by atoms with Crippen molar-refractivity contribution >= 4 is 23.0 Å². The highest BCUT2D eigenvalue weighted by atomic mass is 35.5. The van der Waals surface area contributed by atoms with Crippen LogP contribution in [0.3, 0.4) is 0 Å². The van der Waals surface area contributed by atoms with Crippen LogP contribution >= 0.6 is 11.6 Å². The van der Waals surface area contributed by atoms with E-state index < -0.39 is 0 Å². The topological polar surface area (TPSA) is 33.1 Å². The van der Waals surface area contributed by atoms with E-state index in [1.54, 1.807) is 6.33 Å². The number of nitrogens with one attached hydrogen (secondary N) is 1. The fraction of sp³-hybridized carbons (Fsp3) is 0.308. The number of halogens is 1. The summed E-state index contributed by atoms with van der Waals surface area (Å²) in [5, 5.41) is 4.14. The van der Waals surface area contributed by atoms with Crippen molar-refractivity contribution in [2.24, 2.45) is 7.05 Å². The lowest BCUT2D eigenvalue weighted by atomic mass is 10.2. The summed E-state index contributed by atoms with van der Waals surface area (Å²) in [6.45, 7) is 0.720. The maximum Gasteiger partial charge on any atom is 0.0946 e. The molecule has 0 unspecified atom stereocenters. The monoisotopic (exact) mass is 264 g/mol. The molecule has 0 aliphatic heterocycles. The second-order valence-corrected chi connectivity index (χ2v) is 4.79. The third-order valence-electron chi connectivity index (χ3n) is 2.81. The molecule has 1 heterocycles. The number of hydrogen-bond donors (Lipinski definition) is 1.